The Balaban J connectivity index is 1.44. The molecular weight excluding hydrogens is 304 g/mol. The number of nitrogens with one attached hydrogen (secondary N) is 1. The molecule has 2 aliphatic carbocycles. The van der Waals surface area contributed by atoms with Gasteiger partial charge < -0.3 is 15.2 Å². The normalized spacial score (nSPS) is 31.7. The van der Waals surface area contributed by atoms with Crippen LogP contribution in [-0.4, -0.2) is 60.9 Å². The molecule has 0 unspecified atom stereocenters. The largest absolute Gasteiger partial charge is 0.393 e. The predicted octanol–water partition coefficient (Wildman–Crippen LogP) is 1.85. The minimum absolute atomic E-state index is 0.103. The van der Waals surface area contributed by atoms with Gasteiger partial charge in [0.1, 0.15) is 0 Å². The van der Waals surface area contributed by atoms with Crippen LogP contribution in [0, 0.1) is 5.92 Å². The molecule has 0 spiro atoms. The van der Waals surface area contributed by atoms with E-state index < -0.39 is 0 Å². The van der Waals surface area contributed by atoms with Gasteiger partial charge in [-0.2, -0.15) is 0 Å². The van der Waals surface area contributed by atoms with E-state index in [1.807, 2.05) is 0 Å². The molecule has 136 valence electrons. The van der Waals surface area contributed by atoms with Crippen molar-refractivity contribution in [2.45, 2.75) is 63.5 Å². The second-order valence-corrected chi connectivity index (χ2v) is 7.48. The molecule has 5 heteroatoms. The van der Waals surface area contributed by atoms with Crippen molar-refractivity contribution in [1.82, 2.24) is 10.2 Å². The van der Waals surface area contributed by atoms with Gasteiger partial charge in [-0.25, -0.2) is 0 Å². The summed E-state index contributed by atoms with van der Waals surface area (Å²) in [6.45, 7) is 3.27. The molecule has 3 atom stereocenters. The fraction of sp³-hybridized carbons (Fsp3) is 0.842. The Bertz CT molecular complexity index is 452. The number of aliphatic hydroxyl groups is 1. The van der Waals surface area contributed by atoms with Crippen molar-refractivity contribution >= 4 is 5.91 Å². The molecule has 3 rings (SSSR count). The lowest BCUT2D eigenvalue weighted by Gasteiger charge is -2.39. The van der Waals surface area contributed by atoms with Crippen LogP contribution in [0.2, 0.25) is 0 Å². The molecule has 2 fully saturated rings. The summed E-state index contributed by atoms with van der Waals surface area (Å²) in [7, 11) is 0. The first-order chi connectivity index (χ1) is 11.7. The number of ether oxygens (including phenoxy) is 1. The van der Waals surface area contributed by atoms with E-state index in [9.17, 15) is 9.90 Å². The third-order valence-electron chi connectivity index (χ3n) is 5.81. The van der Waals surface area contributed by atoms with Crippen molar-refractivity contribution < 1.29 is 14.6 Å². The first kappa shape index (κ1) is 17.9. The second kappa shape index (κ2) is 8.97. The zero-order chi connectivity index (χ0) is 16.8. The Morgan fingerprint density at radius 1 is 1.33 bits per heavy atom. The highest BCUT2D eigenvalue weighted by Crippen LogP contribution is 2.32. The van der Waals surface area contributed by atoms with Crippen molar-refractivity contribution in [1.29, 1.82) is 0 Å². The number of morpholine rings is 1. The molecule has 0 aromatic heterocycles. The van der Waals surface area contributed by atoms with Crippen LogP contribution in [0.1, 0.15) is 51.4 Å². The summed E-state index contributed by atoms with van der Waals surface area (Å²) in [5.41, 5.74) is 1.50. The van der Waals surface area contributed by atoms with Crippen LogP contribution in [0.25, 0.3) is 0 Å². The number of hydrogen-bond acceptors (Lipinski definition) is 4. The Labute approximate surface area is 145 Å². The van der Waals surface area contributed by atoms with Gasteiger partial charge in [-0.05, 0) is 44.9 Å². The maximum Gasteiger partial charge on any atom is 0.234 e. The first-order valence-corrected chi connectivity index (χ1v) is 9.68. The van der Waals surface area contributed by atoms with Gasteiger partial charge in [0.2, 0.25) is 5.91 Å². The van der Waals surface area contributed by atoms with Crippen molar-refractivity contribution in [2.75, 3.05) is 32.8 Å². The van der Waals surface area contributed by atoms with Crippen LogP contribution in [0.4, 0.5) is 0 Å². The van der Waals surface area contributed by atoms with Crippen LogP contribution >= 0.6 is 0 Å². The molecule has 1 amide bonds. The average Bonchev–Trinajstić information content (AvgIpc) is 3.02. The van der Waals surface area contributed by atoms with Crippen molar-refractivity contribution in [2.24, 2.45) is 5.92 Å². The molecule has 5 nitrogen and oxygen atoms in total. The first-order valence-electron chi connectivity index (χ1n) is 9.68. The quantitative estimate of drug-likeness (QED) is 0.727. The molecule has 24 heavy (non-hydrogen) atoms. The van der Waals surface area contributed by atoms with Crippen LogP contribution in [0.3, 0.4) is 0 Å². The highest BCUT2D eigenvalue weighted by Gasteiger charge is 2.38. The molecule has 0 bridgehead atoms. The number of aliphatic hydroxyl groups excluding tert-OH is 1. The second-order valence-electron chi connectivity index (χ2n) is 7.48. The average molecular weight is 336 g/mol. The Kier molecular flexibility index (Phi) is 6.69. The van der Waals surface area contributed by atoms with Crippen molar-refractivity contribution in [3.63, 3.8) is 0 Å². The monoisotopic (exact) mass is 336 g/mol. The van der Waals surface area contributed by atoms with Gasteiger partial charge in [0.15, 0.2) is 0 Å². The van der Waals surface area contributed by atoms with E-state index in [0.717, 1.165) is 38.8 Å². The Morgan fingerprint density at radius 3 is 3.00 bits per heavy atom. The molecule has 1 saturated carbocycles. The van der Waals surface area contributed by atoms with E-state index in [4.69, 9.17) is 4.74 Å². The lowest BCUT2D eigenvalue weighted by molar-refractivity contribution is -0.126. The number of carbonyl (C=O) groups is 1. The van der Waals surface area contributed by atoms with Crippen LogP contribution in [0.15, 0.2) is 11.6 Å². The number of amides is 1. The molecule has 1 aliphatic heterocycles. The van der Waals surface area contributed by atoms with E-state index in [1.54, 1.807) is 0 Å². The Hall–Kier alpha value is -0.910. The zero-order valence-electron chi connectivity index (χ0n) is 14.7. The summed E-state index contributed by atoms with van der Waals surface area (Å²) < 4.78 is 5.62. The molecule has 1 heterocycles. The number of rotatable bonds is 6. The number of hydrogen-bond donors (Lipinski definition) is 2. The topological polar surface area (TPSA) is 61.8 Å². The summed E-state index contributed by atoms with van der Waals surface area (Å²) in [6.07, 6.45) is 11.1. The maximum absolute atomic E-state index is 12.3. The van der Waals surface area contributed by atoms with Crippen molar-refractivity contribution in [3.05, 3.63) is 11.6 Å². The zero-order valence-corrected chi connectivity index (χ0v) is 14.7. The third kappa shape index (κ3) is 4.80. The predicted molar refractivity (Wildman–Crippen MR) is 93.7 cm³/mol. The molecule has 2 N–H and O–H groups in total. The smallest absolute Gasteiger partial charge is 0.234 e. The van der Waals surface area contributed by atoms with Gasteiger partial charge in [-0.1, -0.05) is 18.1 Å². The summed E-state index contributed by atoms with van der Waals surface area (Å²) in [4.78, 5) is 14.5. The summed E-state index contributed by atoms with van der Waals surface area (Å²) in [5.74, 6) is 0.358. The maximum atomic E-state index is 12.3. The highest BCUT2D eigenvalue weighted by molar-refractivity contribution is 5.78. The molecule has 0 radical (unpaired) electrons. The molecule has 1 saturated heterocycles. The van der Waals surface area contributed by atoms with Gasteiger partial charge >= 0.3 is 0 Å². The van der Waals surface area contributed by atoms with E-state index >= 15 is 0 Å². The molecule has 3 aliphatic rings. The van der Waals surface area contributed by atoms with Crippen LogP contribution < -0.4 is 5.32 Å². The van der Waals surface area contributed by atoms with E-state index in [2.05, 4.69) is 16.3 Å². The summed E-state index contributed by atoms with van der Waals surface area (Å²) in [6, 6.07) is 0.183. The summed E-state index contributed by atoms with van der Waals surface area (Å²) in [5, 5.41) is 13.3. The van der Waals surface area contributed by atoms with E-state index in [0.29, 0.717) is 19.8 Å². The van der Waals surface area contributed by atoms with Gasteiger partial charge in [-0.15, -0.1) is 0 Å². The minimum Gasteiger partial charge on any atom is -0.393 e. The number of nitrogens with zero attached hydrogens (tertiary/aromatic N) is 1. The fourth-order valence-corrected chi connectivity index (χ4v) is 4.40. The van der Waals surface area contributed by atoms with Crippen molar-refractivity contribution in [3.8, 4) is 0 Å². The van der Waals surface area contributed by atoms with E-state index in [-0.39, 0.29) is 24.0 Å². The van der Waals surface area contributed by atoms with Gasteiger partial charge in [0.25, 0.3) is 0 Å². The molecule has 0 aromatic rings. The highest BCUT2D eigenvalue weighted by atomic mass is 16.5. The minimum atomic E-state index is -0.236. The van der Waals surface area contributed by atoms with Crippen LogP contribution in [0.5, 0.6) is 0 Å². The lowest BCUT2D eigenvalue weighted by atomic mass is 9.94. The van der Waals surface area contributed by atoms with Crippen LogP contribution in [-0.2, 0) is 9.53 Å². The van der Waals surface area contributed by atoms with Gasteiger partial charge in [-0.3, -0.25) is 9.69 Å². The number of allylic oxidation sites excluding steroid dienone is 1. The lowest BCUT2D eigenvalue weighted by Crippen LogP contribution is -2.54. The number of carbonyl (C=O) groups excluding carboxylic acids is 1. The fourth-order valence-electron chi connectivity index (χ4n) is 4.40. The molecule has 0 aromatic carbocycles. The third-order valence-corrected chi connectivity index (χ3v) is 5.81. The van der Waals surface area contributed by atoms with Gasteiger partial charge in [0.05, 0.1) is 25.9 Å². The summed E-state index contributed by atoms with van der Waals surface area (Å²) >= 11 is 0. The standard InChI is InChI=1S/C19H32N2O3/c22-18-8-4-7-16(18)17-14-24-12-11-21(17)13-19(23)20-10-9-15-5-2-1-3-6-15/h5,16-18,22H,1-4,6-14H2,(H,20,23)/t16-,17-,18+/m1/s1. The molecular formula is C19H32N2O3. The Morgan fingerprint density at radius 2 is 2.25 bits per heavy atom. The van der Waals surface area contributed by atoms with E-state index in [1.165, 1.54) is 31.3 Å². The SMILES string of the molecule is O=C(CN1CCOC[C@@H]1[C@H]1CCC[C@@H]1O)NCCC1=CCCCC1. The van der Waals surface area contributed by atoms with Gasteiger partial charge in [0, 0.05) is 25.0 Å².